The summed E-state index contributed by atoms with van der Waals surface area (Å²) in [6.07, 6.45) is 2.36. The monoisotopic (exact) mass is 326 g/mol. The lowest BCUT2D eigenvalue weighted by molar-refractivity contribution is -0.139. The van der Waals surface area contributed by atoms with Crippen LogP contribution in [0.4, 0.5) is 10.2 Å². The number of anilines is 1. The van der Waals surface area contributed by atoms with E-state index in [1.165, 1.54) is 18.5 Å². The Morgan fingerprint density at radius 3 is 3.04 bits per heavy atom. The molecule has 1 aromatic carbocycles. The Labute approximate surface area is 136 Å². The van der Waals surface area contributed by atoms with Crippen molar-refractivity contribution >= 4 is 33.7 Å². The van der Waals surface area contributed by atoms with E-state index in [9.17, 15) is 14.3 Å². The lowest BCUT2D eigenvalue weighted by Crippen LogP contribution is -2.32. The number of aliphatic carboxylic acids is 1. The molecule has 0 amide bonds. The first-order valence-corrected chi connectivity index (χ1v) is 8.03. The van der Waals surface area contributed by atoms with Crippen LogP contribution in [0.15, 0.2) is 24.5 Å². The standard InChI is InChI=1S/C17H15FN4O2/c18-8-1-2-10-12(5-8)21-15-14(10)16(20-7-19-15)22-4-3-9-11(6-22)13(9)17(23)24/h1-2,5,7,9,11,13H,3-4,6H2,(H,23,24)(H,19,20,21)/t9-,11+,13+/m1/s1. The van der Waals surface area contributed by atoms with Gasteiger partial charge < -0.3 is 15.0 Å². The van der Waals surface area contributed by atoms with Gasteiger partial charge in [-0.15, -0.1) is 0 Å². The lowest BCUT2D eigenvalue weighted by Gasteiger charge is -2.27. The van der Waals surface area contributed by atoms with Crippen LogP contribution in [0.3, 0.4) is 0 Å². The number of carbonyl (C=O) groups is 1. The molecule has 2 aromatic heterocycles. The Hall–Kier alpha value is -2.70. The summed E-state index contributed by atoms with van der Waals surface area (Å²) in [6, 6.07) is 4.62. The van der Waals surface area contributed by atoms with Gasteiger partial charge in [0.25, 0.3) is 0 Å². The number of hydrogen-bond acceptors (Lipinski definition) is 4. The van der Waals surface area contributed by atoms with E-state index < -0.39 is 5.97 Å². The van der Waals surface area contributed by atoms with Gasteiger partial charge in [0.2, 0.25) is 0 Å². The van der Waals surface area contributed by atoms with Crippen molar-refractivity contribution in [2.24, 2.45) is 17.8 Å². The van der Waals surface area contributed by atoms with Crippen molar-refractivity contribution in [3.63, 3.8) is 0 Å². The van der Waals surface area contributed by atoms with Crippen LogP contribution in [0.5, 0.6) is 0 Å². The van der Waals surface area contributed by atoms with Crippen LogP contribution in [0, 0.1) is 23.6 Å². The molecular weight excluding hydrogens is 311 g/mol. The highest BCUT2D eigenvalue weighted by molar-refractivity contribution is 6.11. The van der Waals surface area contributed by atoms with E-state index in [2.05, 4.69) is 19.9 Å². The predicted octanol–water partition coefficient (Wildman–Crippen LogP) is 2.41. The topological polar surface area (TPSA) is 82.1 Å². The first-order chi connectivity index (χ1) is 11.6. The van der Waals surface area contributed by atoms with E-state index in [0.717, 1.165) is 29.6 Å². The van der Waals surface area contributed by atoms with Gasteiger partial charge in [-0.05, 0) is 36.5 Å². The first kappa shape index (κ1) is 13.7. The van der Waals surface area contributed by atoms with Gasteiger partial charge in [0.05, 0.1) is 16.8 Å². The first-order valence-electron chi connectivity index (χ1n) is 8.03. The van der Waals surface area contributed by atoms with Crippen LogP contribution in [-0.2, 0) is 4.79 Å². The van der Waals surface area contributed by atoms with Gasteiger partial charge in [0, 0.05) is 18.5 Å². The summed E-state index contributed by atoms with van der Waals surface area (Å²) in [4.78, 5) is 25.3. The average molecular weight is 326 g/mol. The number of nitrogens with one attached hydrogen (secondary N) is 1. The quantitative estimate of drug-likeness (QED) is 0.756. The summed E-state index contributed by atoms with van der Waals surface area (Å²) < 4.78 is 13.5. The molecule has 3 aromatic rings. The minimum atomic E-state index is -0.692. The number of hydrogen-bond donors (Lipinski definition) is 2. The van der Waals surface area contributed by atoms with Gasteiger partial charge in [-0.25, -0.2) is 14.4 Å². The number of carboxylic acids is 1. The van der Waals surface area contributed by atoms with Gasteiger partial charge in [0.1, 0.15) is 23.6 Å². The van der Waals surface area contributed by atoms with Gasteiger partial charge >= 0.3 is 5.97 Å². The van der Waals surface area contributed by atoms with Crippen molar-refractivity contribution in [3.05, 3.63) is 30.3 Å². The Morgan fingerprint density at radius 1 is 1.33 bits per heavy atom. The number of piperidine rings is 1. The number of carboxylic acid groups (broad SMARTS) is 1. The molecule has 122 valence electrons. The Balaban J connectivity index is 1.60. The second kappa shape index (κ2) is 4.66. The smallest absolute Gasteiger partial charge is 0.307 e. The van der Waals surface area contributed by atoms with E-state index in [0.29, 0.717) is 23.6 Å². The maximum atomic E-state index is 13.5. The van der Waals surface area contributed by atoms with Gasteiger partial charge in [-0.1, -0.05) is 0 Å². The zero-order valence-electron chi connectivity index (χ0n) is 12.7. The van der Waals surface area contributed by atoms with E-state index in [-0.39, 0.29) is 17.7 Å². The predicted molar refractivity (Wildman–Crippen MR) is 86.3 cm³/mol. The largest absolute Gasteiger partial charge is 0.481 e. The van der Waals surface area contributed by atoms with Gasteiger partial charge in [-0.3, -0.25) is 4.79 Å². The molecule has 0 unspecified atom stereocenters. The van der Waals surface area contributed by atoms with Crippen molar-refractivity contribution in [1.29, 1.82) is 0 Å². The fourth-order valence-corrected chi connectivity index (χ4v) is 4.22. The Morgan fingerprint density at radius 2 is 2.21 bits per heavy atom. The molecule has 5 rings (SSSR count). The van der Waals surface area contributed by atoms with Crippen molar-refractivity contribution in [3.8, 4) is 0 Å². The zero-order chi connectivity index (χ0) is 16.4. The summed E-state index contributed by atoms with van der Waals surface area (Å²) in [5.74, 6) is 0.0858. The van der Waals surface area contributed by atoms with Crippen LogP contribution in [-0.4, -0.2) is 39.1 Å². The molecule has 0 radical (unpaired) electrons. The second-order valence-electron chi connectivity index (χ2n) is 6.66. The van der Waals surface area contributed by atoms with E-state index in [1.807, 2.05) is 0 Å². The molecule has 7 heteroatoms. The number of fused-ring (bicyclic) bond motifs is 4. The fourth-order valence-electron chi connectivity index (χ4n) is 4.22. The van der Waals surface area contributed by atoms with E-state index in [1.54, 1.807) is 6.07 Å². The summed E-state index contributed by atoms with van der Waals surface area (Å²) in [7, 11) is 0. The SMILES string of the molecule is O=C(O)[C@H]1[C@@H]2CCN(c3ncnc4[nH]c5cc(F)ccc5c34)C[C@@H]21. The van der Waals surface area contributed by atoms with Crippen LogP contribution in [0.2, 0.25) is 0 Å². The third-order valence-electron chi connectivity index (χ3n) is 5.41. The lowest BCUT2D eigenvalue weighted by atomic mass is 10.1. The molecule has 2 N–H and O–H groups in total. The summed E-state index contributed by atoms with van der Waals surface area (Å²) in [5, 5.41) is 11.0. The number of H-pyrrole nitrogens is 1. The Kier molecular flexibility index (Phi) is 2.66. The van der Waals surface area contributed by atoms with Crippen molar-refractivity contribution < 1.29 is 14.3 Å². The highest BCUT2D eigenvalue weighted by Crippen LogP contribution is 2.52. The maximum absolute atomic E-state index is 13.5. The second-order valence-corrected chi connectivity index (χ2v) is 6.66. The molecule has 6 nitrogen and oxygen atoms in total. The summed E-state index contributed by atoms with van der Waals surface area (Å²) >= 11 is 0. The minimum absolute atomic E-state index is 0.198. The average Bonchev–Trinajstić information content (AvgIpc) is 3.18. The molecule has 0 bridgehead atoms. The third-order valence-corrected chi connectivity index (χ3v) is 5.41. The molecule has 2 aliphatic rings. The van der Waals surface area contributed by atoms with Crippen LogP contribution in [0.25, 0.3) is 21.9 Å². The molecule has 1 aliphatic heterocycles. The highest BCUT2D eigenvalue weighted by Gasteiger charge is 2.57. The van der Waals surface area contributed by atoms with E-state index in [4.69, 9.17) is 0 Å². The molecular formula is C17H15FN4O2. The molecule has 2 fully saturated rings. The van der Waals surface area contributed by atoms with E-state index >= 15 is 0 Å². The number of rotatable bonds is 2. The molecule has 3 atom stereocenters. The number of nitrogens with zero attached hydrogens (tertiary/aromatic N) is 3. The number of aromatic nitrogens is 3. The third kappa shape index (κ3) is 1.84. The number of benzene rings is 1. The summed E-state index contributed by atoms with van der Waals surface area (Å²) in [6.45, 7) is 1.48. The molecule has 1 saturated heterocycles. The molecule has 1 saturated carbocycles. The molecule has 3 heterocycles. The highest BCUT2D eigenvalue weighted by atomic mass is 19.1. The zero-order valence-corrected chi connectivity index (χ0v) is 12.7. The molecule has 24 heavy (non-hydrogen) atoms. The van der Waals surface area contributed by atoms with Crippen LogP contribution in [0.1, 0.15) is 6.42 Å². The van der Waals surface area contributed by atoms with Gasteiger partial charge in [-0.2, -0.15) is 0 Å². The van der Waals surface area contributed by atoms with Crippen molar-refractivity contribution in [2.75, 3.05) is 18.0 Å². The van der Waals surface area contributed by atoms with Crippen LogP contribution < -0.4 is 4.90 Å². The summed E-state index contributed by atoms with van der Waals surface area (Å²) in [5.41, 5.74) is 1.37. The number of halogens is 1. The van der Waals surface area contributed by atoms with Gasteiger partial charge in [0.15, 0.2) is 0 Å². The minimum Gasteiger partial charge on any atom is -0.481 e. The van der Waals surface area contributed by atoms with Crippen LogP contribution >= 0.6 is 0 Å². The normalized spacial score (nSPS) is 25.9. The number of aromatic amines is 1. The maximum Gasteiger partial charge on any atom is 0.307 e. The Bertz CT molecular complexity index is 985. The fraction of sp³-hybridized carbons (Fsp3) is 0.353. The van der Waals surface area contributed by atoms with Crippen molar-refractivity contribution in [1.82, 2.24) is 15.0 Å². The molecule has 1 aliphatic carbocycles. The van der Waals surface area contributed by atoms with Crippen molar-refractivity contribution in [2.45, 2.75) is 6.42 Å². The molecule has 0 spiro atoms.